The fourth-order valence-corrected chi connectivity index (χ4v) is 3.24. The molecule has 7 nitrogen and oxygen atoms in total. The Morgan fingerprint density at radius 1 is 1.46 bits per heavy atom. The number of thioether (sulfide) groups is 1. The van der Waals surface area contributed by atoms with Gasteiger partial charge in [-0.25, -0.2) is 9.78 Å². The number of nitrogens with zero attached hydrogens (tertiary/aromatic N) is 2. The molecule has 0 saturated carbocycles. The molecule has 2 aromatic heterocycles. The topological polar surface area (TPSA) is 94.3 Å². The summed E-state index contributed by atoms with van der Waals surface area (Å²) in [4.78, 5) is 28.5. The molecule has 0 aliphatic carbocycles. The molecule has 2 rings (SSSR count). The average molecular weight is 375 g/mol. The third kappa shape index (κ3) is 4.95. The van der Waals surface area contributed by atoms with Gasteiger partial charge in [0, 0.05) is 24.1 Å². The van der Waals surface area contributed by atoms with E-state index < -0.39 is 12.1 Å². The van der Waals surface area contributed by atoms with Crippen molar-refractivity contribution in [3.8, 4) is 0 Å². The number of carbonyl (C=O) groups is 2. The molecule has 0 aliphatic heterocycles. The van der Waals surface area contributed by atoms with Crippen LogP contribution >= 0.6 is 11.8 Å². The van der Waals surface area contributed by atoms with Crippen LogP contribution in [0, 0.1) is 13.8 Å². The van der Waals surface area contributed by atoms with E-state index in [0.29, 0.717) is 22.9 Å². The van der Waals surface area contributed by atoms with Crippen molar-refractivity contribution in [3.63, 3.8) is 0 Å². The van der Waals surface area contributed by atoms with Crippen LogP contribution in [0.15, 0.2) is 40.5 Å². The summed E-state index contributed by atoms with van der Waals surface area (Å²) in [7, 11) is 0. The van der Waals surface area contributed by atoms with Crippen molar-refractivity contribution in [2.75, 3.05) is 6.54 Å². The molecule has 0 aromatic carbocycles. The Morgan fingerprint density at radius 3 is 2.88 bits per heavy atom. The van der Waals surface area contributed by atoms with E-state index in [9.17, 15) is 9.59 Å². The SMILES string of the molecule is C=CCNC(=O)[C@@H](C)OC(=O)c1cccnc1SCc1c(C)noc1C. The fourth-order valence-electron chi connectivity index (χ4n) is 2.10. The second kappa shape index (κ2) is 9.19. The number of hydrogen-bond acceptors (Lipinski definition) is 7. The molecule has 0 bridgehead atoms. The molecular formula is C18H21N3O4S. The van der Waals surface area contributed by atoms with Gasteiger partial charge in [0.15, 0.2) is 6.10 Å². The Bertz CT molecular complexity index is 784. The lowest BCUT2D eigenvalue weighted by molar-refractivity contribution is -0.128. The molecule has 1 atom stereocenters. The number of nitrogens with one attached hydrogen (secondary N) is 1. The van der Waals surface area contributed by atoms with E-state index in [-0.39, 0.29) is 5.91 Å². The Labute approximate surface area is 156 Å². The monoisotopic (exact) mass is 375 g/mol. The first-order valence-electron chi connectivity index (χ1n) is 8.03. The highest BCUT2D eigenvalue weighted by Crippen LogP contribution is 2.27. The quantitative estimate of drug-likeness (QED) is 0.431. The van der Waals surface area contributed by atoms with Crippen LogP contribution in [0.2, 0.25) is 0 Å². The normalized spacial score (nSPS) is 11.7. The Hall–Kier alpha value is -2.61. The molecule has 0 saturated heterocycles. The van der Waals surface area contributed by atoms with E-state index in [0.717, 1.165) is 17.0 Å². The molecule has 138 valence electrons. The highest BCUT2D eigenvalue weighted by molar-refractivity contribution is 7.98. The summed E-state index contributed by atoms with van der Waals surface area (Å²) in [6.45, 7) is 9.06. The largest absolute Gasteiger partial charge is 0.449 e. The Morgan fingerprint density at radius 2 is 2.23 bits per heavy atom. The van der Waals surface area contributed by atoms with E-state index in [1.807, 2.05) is 13.8 Å². The number of pyridine rings is 1. The Balaban J connectivity index is 2.06. The highest BCUT2D eigenvalue weighted by Gasteiger charge is 2.21. The first-order chi connectivity index (χ1) is 12.4. The minimum absolute atomic E-state index is 0.312. The van der Waals surface area contributed by atoms with E-state index in [4.69, 9.17) is 9.26 Å². The van der Waals surface area contributed by atoms with Crippen LogP contribution in [0.1, 0.15) is 34.3 Å². The van der Waals surface area contributed by atoms with Crippen LogP contribution in [0.25, 0.3) is 0 Å². The summed E-state index contributed by atoms with van der Waals surface area (Å²) in [6.07, 6.45) is 2.24. The second-order valence-corrected chi connectivity index (χ2v) is 6.49. The van der Waals surface area contributed by atoms with Crippen molar-refractivity contribution < 1.29 is 18.8 Å². The second-order valence-electron chi connectivity index (χ2n) is 5.53. The van der Waals surface area contributed by atoms with E-state index in [1.165, 1.54) is 18.7 Å². The number of aromatic nitrogens is 2. The standard InChI is InChI=1S/C18H21N3O4S/c1-5-8-19-16(22)13(4)24-18(23)14-7-6-9-20-17(14)26-10-15-11(2)21-25-12(15)3/h5-7,9,13H,1,8,10H2,2-4H3,(H,19,22)/t13-/m1/s1. The van der Waals surface area contributed by atoms with Crippen LogP contribution in [0.4, 0.5) is 0 Å². The number of ether oxygens (including phenoxy) is 1. The van der Waals surface area contributed by atoms with Crippen molar-refractivity contribution in [1.29, 1.82) is 0 Å². The average Bonchev–Trinajstić information content (AvgIpc) is 2.95. The number of esters is 1. The van der Waals surface area contributed by atoms with Crippen molar-refractivity contribution in [2.24, 2.45) is 0 Å². The van der Waals surface area contributed by atoms with Crippen LogP contribution in [-0.4, -0.2) is 34.7 Å². The van der Waals surface area contributed by atoms with Gasteiger partial charge in [-0.2, -0.15) is 0 Å². The van der Waals surface area contributed by atoms with Gasteiger partial charge in [-0.05, 0) is 32.9 Å². The third-order valence-corrected chi connectivity index (χ3v) is 4.63. The summed E-state index contributed by atoms with van der Waals surface area (Å²) in [5.74, 6) is 0.323. The summed E-state index contributed by atoms with van der Waals surface area (Å²) < 4.78 is 10.4. The molecule has 0 radical (unpaired) electrons. The zero-order chi connectivity index (χ0) is 19.1. The molecule has 2 heterocycles. The lowest BCUT2D eigenvalue weighted by Crippen LogP contribution is -2.35. The molecular weight excluding hydrogens is 354 g/mol. The highest BCUT2D eigenvalue weighted by atomic mass is 32.2. The van der Waals surface area contributed by atoms with Gasteiger partial charge in [0.1, 0.15) is 10.8 Å². The van der Waals surface area contributed by atoms with Crippen LogP contribution in [0.3, 0.4) is 0 Å². The van der Waals surface area contributed by atoms with Gasteiger partial charge in [-0.15, -0.1) is 18.3 Å². The first-order valence-corrected chi connectivity index (χ1v) is 9.01. The van der Waals surface area contributed by atoms with Crippen molar-refractivity contribution >= 4 is 23.6 Å². The lowest BCUT2D eigenvalue weighted by atomic mass is 10.2. The minimum atomic E-state index is -0.914. The minimum Gasteiger partial charge on any atom is -0.449 e. The number of amides is 1. The van der Waals surface area contributed by atoms with E-state index in [1.54, 1.807) is 24.4 Å². The molecule has 0 unspecified atom stereocenters. The van der Waals surface area contributed by atoms with Crippen molar-refractivity contribution in [3.05, 3.63) is 53.6 Å². The molecule has 8 heteroatoms. The van der Waals surface area contributed by atoms with Gasteiger partial charge < -0.3 is 14.6 Å². The predicted octanol–water partition coefficient (Wildman–Crippen LogP) is 2.83. The maximum atomic E-state index is 12.4. The first kappa shape index (κ1) is 19.7. The number of aryl methyl sites for hydroxylation is 2. The van der Waals surface area contributed by atoms with Gasteiger partial charge >= 0.3 is 5.97 Å². The van der Waals surface area contributed by atoms with E-state index in [2.05, 4.69) is 22.0 Å². The fraction of sp³-hybridized carbons (Fsp3) is 0.333. The van der Waals surface area contributed by atoms with Crippen LogP contribution in [-0.2, 0) is 15.3 Å². The molecule has 26 heavy (non-hydrogen) atoms. The van der Waals surface area contributed by atoms with Crippen LogP contribution < -0.4 is 5.32 Å². The van der Waals surface area contributed by atoms with Gasteiger partial charge in [-0.1, -0.05) is 11.2 Å². The van der Waals surface area contributed by atoms with Gasteiger partial charge in [-0.3, -0.25) is 4.79 Å². The predicted molar refractivity (Wildman–Crippen MR) is 97.9 cm³/mol. The van der Waals surface area contributed by atoms with E-state index >= 15 is 0 Å². The maximum Gasteiger partial charge on any atom is 0.341 e. The van der Waals surface area contributed by atoms with Crippen molar-refractivity contribution in [1.82, 2.24) is 15.5 Å². The van der Waals surface area contributed by atoms with Crippen molar-refractivity contribution in [2.45, 2.75) is 37.7 Å². The van der Waals surface area contributed by atoms with Gasteiger partial charge in [0.2, 0.25) is 0 Å². The number of rotatable bonds is 8. The smallest absolute Gasteiger partial charge is 0.341 e. The zero-order valence-corrected chi connectivity index (χ0v) is 15.8. The lowest BCUT2D eigenvalue weighted by Gasteiger charge is -2.14. The molecule has 0 fully saturated rings. The molecule has 0 aliphatic rings. The third-order valence-electron chi connectivity index (χ3n) is 3.60. The number of hydrogen-bond donors (Lipinski definition) is 1. The number of carbonyl (C=O) groups excluding carboxylic acids is 2. The summed E-state index contributed by atoms with van der Waals surface area (Å²) in [6, 6.07) is 3.28. The van der Waals surface area contributed by atoms with Gasteiger partial charge in [0.05, 0.1) is 11.3 Å². The summed E-state index contributed by atoms with van der Waals surface area (Å²) in [5.41, 5.74) is 2.09. The zero-order valence-electron chi connectivity index (χ0n) is 14.9. The summed E-state index contributed by atoms with van der Waals surface area (Å²) in [5, 5.41) is 7.03. The maximum absolute atomic E-state index is 12.4. The molecule has 1 amide bonds. The summed E-state index contributed by atoms with van der Waals surface area (Å²) >= 11 is 1.39. The molecule has 2 aromatic rings. The van der Waals surface area contributed by atoms with Crippen LogP contribution in [0.5, 0.6) is 0 Å². The molecule has 0 spiro atoms. The Kier molecular flexibility index (Phi) is 6.97. The van der Waals surface area contributed by atoms with Gasteiger partial charge in [0.25, 0.3) is 5.91 Å². The molecule has 1 N–H and O–H groups in total.